The van der Waals surface area contributed by atoms with Crippen molar-refractivity contribution in [3.63, 3.8) is 0 Å². The lowest BCUT2D eigenvalue weighted by atomic mass is 10.1. The maximum atomic E-state index is 12.1. The third-order valence-corrected chi connectivity index (χ3v) is 3.95. The summed E-state index contributed by atoms with van der Waals surface area (Å²) >= 11 is 0. The summed E-state index contributed by atoms with van der Waals surface area (Å²) < 4.78 is 5.31. The van der Waals surface area contributed by atoms with E-state index >= 15 is 0 Å². The summed E-state index contributed by atoms with van der Waals surface area (Å²) in [5, 5.41) is 2.85. The highest BCUT2D eigenvalue weighted by Gasteiger charge is 2.20. The number of methoxy groups -OCH3 is 1. The first kappa shape index (κ1) is 16.0. The molecule has 2 aromatic carbocycles. The molecular formula is C20H20N2O2. The van der Waals surface area contributed by atoms with Crippen LogP contribution in [0.4, 0.5) is 0 Å². The predicted molar refractivity (Wildman–Crippen MR) is 96.0 cm³/mol. The van der Waals surface area contributed by atoms with Gasteiger partial charge in [-0.25, -0.2) is 4.99 Å². The van der Waals surface area contributed by atoms with E-state index in [0.29, 0.717) is 18.0 Å². The third-order valence-electron chi connectivity index (χ3n) is 3.95. The van der Waals surface area contributed by atoms with Crippen molar-refractivity contribution in [2.45, 2.75) is 19.8 Å². The molecule has 0 spiro atoms. The highest BCUT2D eigenvalue weighted by molar-refractivity contribution is 6.14. The number of aliphatic imine (C=N–C) groups is 1. The van der Waals surface area contributed by atoms with E-state index in [4.69, 9.17) is 4.74 Å². The minimum Gasteiger partial charge on any atom is -0.496 e. The number of nitrogens with zero attached hydrogens (tertiary/aromatic N) is 1. The van der Waals surface area contributed by atoms with E-state index in [0.717, 1.165) is 17.7 Å². The molecule has 3 rings (SSSR count). The van der Waals surface area contributed by atoms with Crippen molar-refractivity contribution >= 4 is 17.8 Å². The Labute approximate surface area is 141 Å². The fourth-order valence-electron chi connectivity index (χ4n) is 2.59. The summed E-state index contributed by atoms with van der Waals surface area (Å²) in [4.78, 5) is 16.5. The van der Waals surface area contributed by atoms with E-state index in [-0.39, 0.29) is 5.91 Å². The van der Waals surface area contributed by atoms with Gasteiger partial charge in [0.15, 0.2) is 0 Å². The molecule has 0 saturated carbocycles. The molecule has 24 heavy (non-hydrogen) atoms. The van der Waals surface area contributed by atoms with E-state index in [9.17, 15) is 4.79 Å². The molecular weight excluding hydrogens is 300 g/mol. The van der Waals surface area contributed by atoms with Gasteiger partial charge in [0.1, 0.15) is 17.3 Å². The Morgan fingerprint density at radius 2 is 1.83 bits per heavy atom. The van der Waals surface area contributed by atoms with Crippen LogP contribution in [0.2, 0.25) is 0 Å². The maximum Gasteiger partial charge on any atom is 0.275 e. The highest BCUT2D eigenvalue weighted by atomic mass is 16.5. The summed E-state index contributed by atoms with van der Waals surface area (Å²) in [5.41, 5.74) is 3.74. The number of aryl methyl sites for hydroxylation is 2. The zero-order chi connectivity index (χ0) is 16.9. The molecule has 1 aliphatic heterocycles. The number of ether oxygens (including phenoxy) is 1. The van der Waals surface area contributed by atoms with Crippen molar-refractivity contribution < 1.29 is 9.53 Å². The van der Waals surface area contributed by atoms with Crippen molar-refractivity contribution in [1.29, 1.82) is 0 Å². The molecule has 0 aromatic heterocycles. The number of hydrogen-bond donors (Lipinski definition) is 1. The highest BCUT2D eigenvalue weighted by Crippen LogP contribution is 2.22. The SMILES string of the molecule is COc1ccccc1/C=C1\N=C(CCc2ccc(C)cc2)NC1=O. The van der Waals surface area contributed by atoms with Gasteiger partial charge < -0.3 is 10.1 Å². The molecule has 1 aliphatic rings. The molecule has 0 aliphatic carbocycles. The number of nitrogens with one attached hydrogen (secondary N) is 1. The van der Waals surface area contributed by atoms with Gasteiger partial charge in [-0.15, -0.1) is 0 Å². The summed E-state index contributed by atoms with van der Waals surface area (Å²) in [6.07, 6.45) is 3.31. The van der Waals surface area contributed by atoms with E-state index in [2.05, 4.69) is 41.5 Å². The Morgan fingerprint density at radius 3 is 2.58 bits per heavy atom. The summed E-state index contributed by atoms with van der Waals surface area (Å²) in [6, 6.07) is 16.0. The van der Waals surface area contributed by atoms with Crippen LogP contribution in [0, 0.1) is 6.92 Å². The lowest BCUT2D eigenvalue weighted by Gasteiger charge is -2.03. The Bertz CT molecular complexity index is 805. The monoisotopic (exact) mass is 320 g/mol. The number of benzene rings is 2. The number of carbonyl (C=O) groups excluding carboxylic acids is 1. The number of amidine groups is 1. The van der Waals surface area contributed by atoms with Crippen molar-refractivity contribution in [2.24, 2.45) is 4.99 Å². The maximum absolute atomic E-state index is 12.1. The third kappa shape index (κ3) is 3.71. The Morgan fingerprint density at radius 1 is 1.08 bits per heavy atom. The fourth-order valence-corrected chi connectivity index (χ4v) is 2.59. The van der Waals surface area contributed by atoms with Crippen LogP contribution in [0.1, 0.15) is 23.1 Å². The molecule has 0 saturated heterocycles. The van der Waals surface area contributed by atoms with Crippen LogP contribution in [0.25, 0.3) is 6.08 Å². The van der Waals surface area contributed by atoms with Crippen LogP contribution in [0.5, 0.6) is 5.75 Å². The number of hydrogen-bond acceptors (Lipinski definition) is 3. The van der Waals surface area contributed by atoms with E-state index in [1.54, 1.807) is 13.2 Å². The van der Waals surface area contributed by atoms with Gasteiger partial charge >= 0.3 is 0 Å². The topological polar surface area (TPSA) is 50.7 Å². The molecule has 0 radical (unpaired) electrons. The van der Waals surface area contributed by atoms with E-state index in [1.807, 2.05) is 24.3 Å². The first-order chi connectivity index (χ1) is 11.7. The van der Waals surface area contributed by atoms with Crippen LogP contribution in [-0.2, 0) is 11.2 Å². The molecule has 2 aromatic rings. The smallest absolute Gasteiger partial charge is 0.275 e. The Balaban J connectivity index is 1.73. The van der Waals surface area contributed by atoms with Crippen LogP contribution in [0.15, 0.2) is 59.2 Å². The lowest BCUT2D eigenvalue weighted by Crippen LogP contribution is -2.24. The second kappa shape index (κ2) is 7.13. The molecule has 0 bridgehead atoms. The normalized spacial score (nSPS) is 15.3. The number of para-hydroxylation sites is 1. The van der Waals surface area contributed by atoms with Crippen molar-refractivity contribution in [3.8, 4) is 5.75 Å². The Hall–Kier alpha value is -2.88. The number of rotatable bonds is 5. The van der Waals surface area contributed by atoms with Gasteiger partial charge in [0.05, 0.1) is 7.11 Å². The zero-order valence-corrected chi connectivity index (χ0v) is 13.9. The Kier molecular flexibility index (Phi) is 4.75. The molecule has 4 nitrogen and oxygen atoms in total. The standard InChI is InChI=1S/C20H20N2O2/c1-14-7-9-15(10-8-14)11-12-19-21-17(20(23)22-19)13-16-5-3-4-6-18(16)24-2/h3-10,13H,11-12H2,1-2H3,(H,21,22,23)/b17-13-. The van der Waals surface area contributed by atoms with Crippen molar-refractivity contribution in [1.82, 2.24) is 5.32 Å². The van der Waals surface area contributed by atoms with Crippen LogP contribution < -0.4 is 10.1 Å². The molecule has 0 unspecified atom stereocenters. The first-order valence-electron chi connectivity index (χ1n) is 7.95. The quantitative estimate of drug-likeness (QED) is 0.857. The first-order valence-corrected chi connectivity index (χ1v) is 7.95. The summed E-state index contributed by atoms with van der Waals surface area (Å²) in [5.74, 6) is 1.27. The second-order valence-corrected chi connectivity index (χ2v) is 5.77. The average molecular weight is 320 g/mol. The minimum atomic E-state index is -0.167. The lowest BCUT2D eigenvalue weighted by molar-refractivity contribution is -0.115. The number of amides is 1. The molecule has 1 N–H and O–H groups in total. The van der Waals surface area contributed by atoms with Crippen molar-refractivity contribution in [2.75, 3.05) is 7.11 Å². The predicted octanol–water partition coefficient (Wildman–Crippen LogP) is 3.51. The second-order valence-electron chi connectivity index (χ2n) is 5.77. The molecule has 122 valence electrons. The fraction of sp³-hybridized carbons (Fsp3) is 0.200. The van der Waals surface area contributed by atoms with Gasteiger partial charge in [-0.3, -0.25) is 4.79 Å². The zero-order valence-electron chi connectivity index (χ0n) is 13.9. The molecule has 1 amide bonds. The van der Waals surface area contributed by atoms with Crippen LogP contribution in [0.3, 0.4) is 0 Å². The van der Waals surface area contributed by atoms with Gasteiger partial charge in [0.2, 0.25) is 0 Å². The van der Waals surface area contributed by atoms with Gasteiger partial charge in [0.25, 0.3) is 5.91 Å². The van der Waals surface area contributed by atoms with Crippen LogP contribution >= 0.6 is 0 Å². The molecule has 0 fully saturated rings. The molecule has 0 atom stereocenters. The minimum absolute atomic E-state index is 0.167. The van der Waals surface area contributed by atoms with Crippen LogP contribution in [-0.4, -0.2) is 18.9 Å². The van der Waals surface area contributed by atoms with E-state index in [1.165, 1.54) is 11.1 Å². The number of carbonyl (C=O) groups is 1. The molecule has 1 heterocycles. The van der Waals surface area contributed by atoms with Gasteiger partial charge in [-0.1, -0.05) is 48.0 Å². The summed E-state index contributed by atoms with van der Waals surface area (Å²) in [7, 11) is 1.61. The van der Waals surface area contributed by atoms with Crippen molar-refractivity contribution in [3.05, 3.63) is 70.9 Å². The molecule has 4 heteroatoms. The van der Waals surface area contributed by atoms with E-state index < -0.39 is 0 Å². The van der Waals surface area contributed by atoms with Gasteiger partial charge in [-0.05, 0) is 31.1 Å². The van der Waals surface area contributed by atoms with Gasteiger partial charge in [-0.2, -0.15) is 0 Å². The largest absolute Gasteiger partial charge is 0.496 e. The summed E-state index contributed by atoms with van der Waals surface area (Å²) in [6.45, 7) is 2.07. The average Bonchev–Trinajstić information content (AvgIpc) is 2.95. The van der Waals surface area contributed by atoms with Gasteiger partial charge in [0, 0.05) is 12.0 Å².